The van der Waals surface area contributed by atoms with E-state index in [2.05, 4.69) is 77.8 Å². The molecule has 0 saturated carbocycles. The quantitative estimate of drug-likeness (QED) is 0.771. The minimum atomic E-state index is -1.78. The highest BCUT2D eigenvalue weighted by Crippen LogP contribution is 2.16. The summed E-state index contributed by atoms with van der Waals surface area (Å²) in [6, 6.07) is 9.18. The second-order valence-corrected chi connectivity index (χ2v) is 16.4. The van der Waals surface area contributed by atoms with Crippen molar-refractivity contribution in [2.45, 2.75) is 59.1 Å². The molecule has 1 aromatic rings. The van der Waals surface area contributed by atoms with Crippen molar-refractivity contribution in [3.8, 4) is 0 Å². The molecule has 3 heteroatoms. The molecule has 102 valence electrons. The van der Waals surface area contributed by atoms with Crippen molar-refractivity contribution in [2.24, 2.45) is 0 Å². The summed E-state index contributed by atoms with van der Waals surface area (Å²) in [5.41, 5.74) is -0.0623. The van der Waals surface area contributed by atoms with Crippen LogP contribution in [0.4, 0.5) is 0 Å². The molecule has 0 fully saturated rings. The molecule has 0 bridgehead atoms. The van der Waals surface area contributed by atoms with Crippen molar-refractivity contribution < 1.29 is 4.43 Å². The molecule has 1 rings (SSSR count). The lowest BCUT2D eigenvalue weighted by molar-refractivity contribution is 0.125. The van der Waals surface area contributed by atoms with E-state index in [0.717, 1.165) is 0 Å². The van der Waals surface area contributed by atoms with Crippen molar-refractivity contribution >= 4 is 26.8 Å². The molecule has 0 heterocycles. The van der Waals surface area contributed by atoms with Crippen LogP contribution in [0.3, 0.4) is 0 Å². The lowest BCUT2D eigenvalue weighted by Crippen LogP contribution is -2.50. The van der Waals surface area contributed by atoms with Gasteiger partial charge in [0.15, 0.2) is 0 Å². The SMILES string of the molecule is CC(C)(C)O[Si](C)(C)c1ccc([Si](C)(C)C)cc1. The van der Waals surface area contributed by atoms with E-state index in [1.165, 1.54) is 10.4 Å². The molecule has 0 spiro atoms. The Morgan fingerprint density at radius 2 is 1.17 bits per heavy atom. The Hall–Kier alpha value is -0.386. The third kappa shape index (κ3) is 4.37. The summed E-state index contributed by atoms with van der Waals surface area (Å²) in [6.45, 7) is 18.1. The van der Waals surface area contributed by atoms with Gasteiger partial charge in [-0.3, -0.25) is 0 Å². The first-order chi connectivity index (χ1) is 7.92. The van der Waals surface area contributed by atoms with E-state index in [1.807, 2.05) is 0 Å². The smallest absolute Gasteiger partial charge is 0.218 e. The van der Waals surface area contributed by atoms with Crippen LogP contribution in [-0.4, -0.2) is 22.0 Å². The molecule has 1 aromatic carbocycles. The maximum absolute atomic E-state index is 6.29. The number of benzene rings is 1. The summed E-state index contributed by atoms with van der Waals surface area (Å²) in [5.74, 6) is 0. The van der Waals surface area contributed by atoms with Gasteiger partial charge in [-0.2, -0.15) is 0 Å². The van der Waals surface area contributed by atoms with Gasteiger partial charge >= 0.3 is 0 Å². The van der Waals surface area contributed by atoms with Crippen LogP contribution in [-0.2, 0) is 4.43 Å². The van der Waals surface area contributed by atoms with E-state index < -0.39 is 16.4 Å². The predicted molar refractivity (Wildman–Crippen MR) is 87.4 cm³/mol. The average molecular weight is 281 g/mol. The molecule has 0 N–H and O–H groups in total. The summed E-state index contributed by atoms with van der Waals surface area (Å²) in [5, 5.41) is 2.91. The minimum absolute atomic E-state index is 0.0623. The fourth-order valence-corrected chi connectivity index (χ4v) is 5.98. The lowest BCUT2D eigenvalue weighted by Gasteiger charge is -2.33. The zero-order valence-electron chi connectivity index (χ0n) is 13.2. The van der Waals surface area contributed by atoms with Crippen LogP contribution in [0.1, 0.15) is 20.8 Å². The van der Waals surface area contributed by atoms with Crippen LogP contribution in [0, 0.1) is 0 Å². The van der Waals surface area contributed by atoms with Crippen LogP contribution in [0.25, 0.3) is 0 Å². The zero-order chi connectivity index (χ0) is 14.2. The molecule has 0 aliphatic heterocycles. The molecule has 0 unspecified atom stereocenters. The molecule has 0 aliphatic carbocycles. The van der Waals surface area contributed by atoms with Gasteiger partial charge in [-0.05, 0) is 39.1 Å². The molecular weight excluding hydrogens is 252 g/mol. The zero-order valence-corrected chi connectivity index (χ0v) is 15.2. The van der Waals surface area contributed by atoms with E-state index in [1.54, 1.807) is 0 Å². The van der Waals surface area contributed by atoms with Crippen molar-refractivity contribution in [3.63, 3.8) is 0 Å². The second-order valence-electron chi connectivity index (χ2n) is 7.55. The van der Waals surface area contributed by atoms with E-state index in [9.17, 15) is 0 Å². The normalized spacial score (nSPS) is 13.8. The van der Waals surface area contributed by atoms with Crippen LogP contribution in [0.5, 0.6) is 0 Å². The fraction of sp³-hybridized carbons (Fsp3) is 0.600. The Kier molecular flexibility index (Phi) is 4.31. The van der Waals surface area contributed by atoms with Gasteiger partial charge in [0.1, 0.15) is 0 Å². The molecular formula is C15H28OSi2. The average Bonchev–Trinajstić information content (AvgIpc) is 2.13. The Bertz CT molecular complexity index is 394. The second kappa shape index (κ2) is 4.95. The first-order valence-electron chi connectivity index (χ1n) is 6.73. The molecule has 0 saturated heterocycles. The van der Waals surface area contributed by atoms with Crippen LogP contribution >= 0.6 is 0 Å². The number of rotatable bonds is 3. The van der Waals surface area contributed by atoms with E-state index in [4.69, 9.17) is 4.43 Å². The molecule has 18 heavy (non-hydrogen) atoms. The Morgan fingerprint density at radius 1 is 0.778 bits per heavy atom. The highest BCUT2D eigenvalue weighted by Gasteiger charge is 2.30. The third-order valence-corrected chi connectivity index (χ3v) is 7.92. The summed E-state index contributed by atoms with van der Waals surface area (Å²) < 4.78 is 6.29. The summed E-state index contributed by atoms with van der Waals surface area (Å²) in [6.07, 6.45) is 0. The van der Waals surface area contributed by atoms with Gasteiger partial charge in [-0.15, -0.1) is 0 Å². The highest BCUT2D eigenvalue weighted by atomic mass is 28.4. The molecule has 0 atom stereocenters. The monoisotopic (exact) mass is 280 g/mol. The van der Waals surface area contributed by atoms with Crippen LogP contribution < -0.4 is 10.4 Å². The van der Waals surface area contributed by atoms with Crippen molar-refractivity contribution in [1.82, 2.24) is 0 Å². The Balaban J connectivity index is 2.98. The first kappa shape index (κ1) is 15.7. The van der Waals surface area contributed by atoms with E-state index in [-0.39, 0.29) is 5.60 Å². The van der Waals surface area contributed by atoms with Crippen LogP contribution in [0.2, 0.25) is 32.7 Å². The third-order valence-electron chi connectivity index (χ3n) is 3.01. The summed E-state index contributed by atoms with van der Waals surface area (Å²) >= 11 is 0. The number of hydrogen-bond donors (Lipinski definition) is 0. The molecule has 1 nitrogen and oxygen atoms in total. The molecule has 0 aliphatic rings. The highest BCUT2D eigenvalue weighted by molar-refractivity contribution is 6.89. The fourth-order valence-electron chi connectivity index (χ4n) is 2.20. The number of hydrogen-bond acceptors (Lipinski definition) is 1. The van der Waals surface area contributed by atoms with Gasteiger partial charge in [-0.1, -0.05) is 49.1 Å². The van der Waals surface area contributed by atoms with Crippen molar-refractivity contribution in [2.75, 3.05) is 0 Å². The topological polar surface area (TPSA) is 9.23 Å². The van der Waals surface area contributed by atoms with Crippen molar-refractivity contribution in [1.29, 1.82) is 0 Å². The van der Waals surface area contributed by atoms with Gasteiger partial charge < -0.3 is 4.43 Å². The standard InChI is InChI=1S/C15H28OSi2/c1-15(2,3)16-18(7,8)14-11-9-13(10-12-14)17(4,5)6/h9-12H,1-8H3. The van der Waals surface area contributed by atoms with E-state index in [0.29, 0.717) is 0 Å². The van der Waals surface area contributed by atoms with Gasteiger partial charge in [0, 0.05) is 5.60 Å². The lowest BCUT2D eigenvalue weighted by atomic mass is 10.2. The van der Waals surface area contributed by atoms with Gasteiger partial charge in [0.25, 0.3) is 0 Å². The van der Waals surface area contributed by atoms with Gasteiger partial charge in [-0.25, -0.2) is 0 Å². The maximum Gasteiger partial charge on any atom is 0.218 e. The predicted octanol–water partition coefficient (Wildman–Crippen LogP) is 3.46. The Labute approximate surface area is 115 Å². The largest absolute Gasteiger partial charge is 0.408 e. The minimum Gasteiger partial charge on any atom is -0.408 e. The van der Waals surface area contributed by atoms with Gasteiger partial charge in [0.05, 0.1) is 8.07 Å². The first-order valence-corrected chi connectivity index (χ1v) is 13.1. The molecule has 0 aromatic heterocycles. The summed E-state index contributed by atoms with van der Waals surface area (Å²) in [7, 11) is -2.97. The Morgan fingerprint density at radius 3 is 1.50 bits per heavy atom. The van der Waals surface area contributed by atoms with Gasteiger partial charge in [0.2, 0.25) is 8.32 Å². The maximum atomic E-state index is 6.29. The summed E-state index contributed by atoms with van der Waals surface area (Å²) in [4.78, 5) is 0. The van der Waals surface area contributed by atoms with E-state index >= 15 is 0 Å². The molecule has 0 radical (unpaired) electrons. The van der Waals surface area contributed by atoms with Crippen LogP contribution in [0.15, 0.2) is 24.3 Å². The molecule has 0 amide bonds. The van der Waals surface area contributed by atoms with Crippen molar-refractivity contribution in [3.05, 3.63) is 24.3 Å².